The van der Waals surface area contributed by atoms with E-state index in [2.05, 4.69) is 0 Å². The summed E-state index contributed by atoms with van der Waals surface area (Å²) in [6.07, 6.45) is 0. The molecular formula is GdTl3. The molecular weight excluding hydrogens is 770 g/mol. The molecule has 0 fully saturated rings. The minimum absolute atomic E-state index is 0. The molecule has 0 aromatic rings. The van der Waals surface area contributed by atoms with Gasteiger partial charge in [0.05, 0.1) is 0 Å². The van der Waals surface area contributed by atoms with Gasteiger partial charge in [0, 0.05) is 122 Å². The minimum atomic E-state index is 0. The van der Waals surface area contributed by atoms with E-state index in [-0.39, 0.29) is 122 Å². The summed E-state index contributed by atoms with van der Waals surface area (Å²) in [7, 11) is 0. The Morgan fingerprint density at radius 3 is 0.500 bits per heavy atom. The normalized spacial score (nSPS) is 0. The zero-order valence-electron chi connectivity index (χ0n) is 2.09. The maximum atomic E-state index is 0. The molecule has 4 heteroatoms. The van der Waals surface area contributed by atoms with Crippen molar-refractivity contribution in [3.8, 4) is 0 Å². The maximum absolute atomic E-state index is 0. The van der Waals surface area contributed by atoms with Crippen molar-refractivity contribution in [1.29, 1.82) is 0 Å². The Hall–Kier alpha value is 4.09. The fraction of sp³-hybridized carbons (Fsp3) is 0. The predicted octanol–water partition coefficient (Wildman–Crippen LogP) is -1.14. The average Bonchev–Trinajstić information content (AvgIpc) is 0. The van der Waals surface area contributed by atoms with Gasteiger partial charge in [-0.1, -0.05) is 0 Å². The van der Waals surface area contributed by atoms with Crippen LogP contribution in [0, 0.1) is 39.9 Å². The fourth-order valence-electron chi connectivity index (χ4n) is 0. The van der Waals surface area contributed by atoms with E-state index in [1.807, 2.05) is 0 Å². The van der Waals surface area contributed by atoms with Crippen LogP contribution in [-0.4, -0.2) is 81.9 Å². The largest absolute Gasteiger partial charge is 0 e. The van der Waals surface area contributed by atoms with Gasteiger partial charge in [0.25, 0.3) is 0 Å². The fourth-order valence-corrected chi connectivity index (χ4v) is 0. The summed E-state index contributed by atoms with van der Waals surface area (Å²) in [5.74, 6) is 0. The number of hydrogen-bond acceptors (Lipinski definition) is 0. The molecule has 0 amide bonds. The smallest absolute Gasteiger partial charge is 0 e. The van der Waals surface area contributed by atoms with Gasteiger partial charge >= 0.3 is 0 Å². The summed E-state index contributed by atoms with van der Waals surface area (Å²) in [5.41, 5.74) is 0. The van der Waals surface area contributed by atoms with Crippen molar-refractivity contribution in [3.63, 3.8) is 0 Å². The molecule has 0 unspecified atom stereocenters. The van der Waals surface area contributed by atoms with Gasteiger partial charge in [-0.15, -0.1) is 0 Å². The van der Waals surface area contributed by atoms with Crippen LogP contribution in [0.25, 0.3) is 0 Å². The minimum Gasteiger partial charge on any atom is 0 e. The molecule has 0 aromatic heterocycles. The van der Waals surface area contributed by atoms with Crippen LogP contribution in [0.2, 0.25) is 0 Å². The van der Waals surface area contributed by atoms with Crippen molar-refractivity contribution in [2.45, 2.75) is 0 Å². The van der Waals surface area contributed by atoms with Gasteiger partial charge in [-0.3, -0.25) is 0 Å². The van der Waals surface area contributed by atoms with Gasteiger partial charge in [-0.25, -0.2) is 0 Å². The summed E-state index contributed by atoms with van der Waals surface area (Å²) in [6, 6.07) is 0. The van der Waals surface area contributed by atoms with Crippen molar-refractivity contribution in [1.82, 2.24) is 0 Å². The van der Waals surface area contributed by atoms with Crippen LogP contribution < -0.4 is 0 Å². The first-order chi connectivity index (χ1) is 0. The van der Waals surface area contributed by atoms with Gasteiger partial charge < -0.3 is 0 Å². The molecule has 0 saturated heterocycles. The van der Waals surface area contributed by atoms with E-state index in [1.54, 1.807) is 0 Å². The van der Waals surface area contributed by atoms with Crippen LogP contribution in [0.3, 0.4) is 0 Å². The standard InChI is InChI=1S/Gd.3Tl. The zero-order chi connectivity index (χ0) is 0. The Labute approximate surface area is 118 Å². The molecule has 0 saturated carbocycles. The van der Waals surface area contributed by atoms with Crippen LogP contribution in [0.1, 0.15) is 0 Å². The first-order valence-corrected chi connectivity index (χ1v) is 0. The van der Waals surface area contributed by atoms with Crippen LogP contribution >= 0.6 is 0 Å². The van der Waals surface area contributed by atoms with E-state index in [9.17, 15) is 0 Å². The molecule has 0 rings (SSSR count). The first kappa shape index (κ1) is 24.3. The Morgan fingerprint density at radius 1 is 0.500 bits per heavy atom. The molecule has 0 aromatic carbocycles. The predicted molar refractivity (Wildman–Crippen MR) is 17.3 cm³/mol. The van der Waals surface area contributed by atoms with Crippen molar-refractivity contribution in [2.24, 2.45) is 0 Å². The quantitative estimate of drug-likeness (QED) is 0.274. The van der Waals surface area contributed by atoms with E-state index >= 15 is 0 Å². The third-order valence-corrected chi connectivity index (χ3v) is 0. The van der Waals surface area contributed by atoms with E-state index < -0.39 is 0 Å². The molecule has 0 aliphatic heterocycles. The average molecular weight is 770 g/mol. The number of rotatable bonds is 0. The summed E-state index contributed by atoms with van der Waals surface area (Å²) in [6.45, 7) is 0. The Balaban J connectivity index is 0. The van der Waals surface area contributed by atoms with Crippen molar-refractivity contribution in [2.75, 3.05) is 0 Å². The van der Waals surface area contributed by atoms with Crippen molar-refractivity contribution in [3.05, 3.63) is 0 Å². The maximum Gasteiger partial charge on any atom is 0 e. The second-order valence-electron chi connectivity index (χ2n) is 0. The molecule has 17 valence electrons. The molecule has 0 atom stereocenters. The topological polar surface area (TPSA) is 0 Å². The zero-order valence-corrected chi connectivity index (χ0v) is 17.8. The molecule has 0 nitrogen and oxygen atoms in total. The summed E-state index contributed by atoms with van der Waals surface area (Å²) < 4.78 is 0. The SMILES string of the molecule is [Gd].[Tl].[Tl].[Tl]. The molecule has 0 N–H and O–H groups in total. The monoisotopic (exact) mass is 773 g/mol. The Morgan fingerprint density at radius 2 is 0.500 bits per heavy atom. The molecule has 0 heterocycles. The molecule has 4 heavy (non-hydrogen) atoms. The van der Waals surface area contributed by atoms with Gasteiger partial charge in [-0.05, 0) is 0 Å². The summed E-state index contributed by atoms with van der Waals surface area (Å²) in [5, 5.41) is 0. The van der Waals surface area contributed by atoms with Crippen LogP contribution in [0.15, 0.2) is 0 Å². The Kier molecular flexibility index (Phi) is 95.5. The van der Waals surface area contributed by atoms with E-state index in [1.165, 1.54) is 0 Å². The van der Waals surface area contributed by atoms with Gasteiger partial charge in [0.1, 0.15) is 0 Å². The third kappa shape index (κ3) is 9.43. The van der Waals surface area contributed by atoms with E-state index in [0.717, 1.165) is 0 Å². The molecule has 0 aliphatic rings. The van der Waals surface area contributed by atoms with Gasteiger partial charge in [0.15, 0.2) is 0 Å². The van der Waals surface area contributed by atoms with Crippen molar-refractivity contribution >= 4 is 81.9 Å². The van der Waals surface area contributed by atoms with Gasteiger partial charge in [-0.2, -0.15) is 0 Å². The molecule has 0 spiro atoms. The summed E-state index contributed by atoms with van der Waals surface area (Å²) >= 11 is 0. The molecule has 0 bridgehead atoms. The van der Waals surface area contributed by atoms with Crippen molar-refractivity contribution < 1.29 is 39.9 Å². The summed E-state index contributed by atoms with van der Waals surface area (Å²) in [4.78, 5) is 0. The van der Waals surface area contributed by atoms with Gasteiger partial charge in [0.2, 0.25) is 0 Å². The van der Waals surface area contributed by atoms with Crippen LogP contribution in [-0.2, 0) is 0 Å². The molecule has 3 radical (unpaired) electrons. The van der Waals surface area contributed by atoms with Crippen LogP contribution in [0.4, 0.5) is 0 Å². The number of hydrogen-bond donors (Lipinski definition) is 0. The molecule has 0 aliphatic carbocycles. The second kappa shape index (κ2) is 15.7. The van der Waals surface area contributed by atoms with Crippen LogP contribution in [0.5, 0.6) is 0 Å². The first-order valence-electron chi connectivity index (χ1n) is 0. The van der Waals surface area contributed by atoms with E-state index in [4.69, 9.17) is 0 Å². The Bertz CT molecular complexity index is 3.25. The second-order valence-corrected chi connectivity index (χ2v) is 0. The third-order valence-electron chi connectivity index (χ3n) is 0. The van der Waals surface area contributed by atoms with E-state index in [0.29, 0.717) is 0 Å².